The van der Waals surface area contributed by atoms with Crippen LogP contribution in [0.4, 0.5) is 0 Å². The van der Waals surface area contributed by atoms with E-state index in [4.69, 9.17) is 14.2 Å². The van der Waals surface area contributed by atoms with Crippen LogP contribution >= 0.6 is 0 Å². The van der Waals surface area contributed by atoms with Crippen LogP contribution in [0, 0.1) is 11.8 Å². The van der Waals surface area contributed by atoms with Crippen molar-refractivity contribution in [2.75, 3.05) is 0 Å². The van der Waals surface area contributed by atoms with Gasteiger partial charge in [0.05, 0.1) is 11.5 Å². The van der Waals surface area contributed by atoms with E-state index in [1.54, 1.807) is 36.4 Å². The normalized spacial score (nSPS) is 16.8. The molecule has 0 saturated heterocycles. The van der Waals surface area contributed by atoms with Crippen molar-refractivity contribution in [2.24, 2.45) is 11.8 Å². The molecule has 3 rings (SSSR count). The SMILES string of the molecule is C=CC(=O)OC(CCCCCCCCCC)c1ccc(C(=O)Oc2ccc(OC(=O)C3CCC(CCCCC)CC3)cc2)cc1. The highest BCUT2D eigenvalue weighted by molar-refractivity contribution is 5.91. The summed E-state index contributed by atoms with van der Waals surface area (Å²) in [4.78, 5) is 37.5. The second-order valence-corrected chi connectivity index (χ2v) is 12.5. The van der Waals surface area contributed by atoms with Crippen LogP contribution < -0.4 is 9.47 Å². The van der Waals surface area contributed by atoms with Crippen LogP contribution in [-0.4, -0.2) is 17.9 Å². The molecule has 0 heterocycles. The minimum Gasteiger partial charge on any atom is -0.454 e. The molecule has 2 aromatic carbocycles. The highest BCUT2D eigenvalue weighted by atomic mass is 16.5. The van der Waals surface area contributed by atoms with Crippen molar-refractivity contribution >= 4 is 17.9 Å². The zero-order valence-corrected chi connectivity index (χ0v) is 27.6. The lowest BCUT2D eigenvalue weighted by Gasteiger charge is -2.27. The number of hydrogen-bond acceptors (Lipinski definition) is 6. The first-order valence-electron chi connectivity index (χ1n) is 17.4. The van der Waals surface area contributed by atoms with E-state index in [9.17, 15) is 14.4 Å². The summed E-state index contributed by atoms with van der Waals surface area (Å²) in [6.07, 6.45) is 20.1. The monoisotopic (exact) mass is 618 g/mol. The number of hydrogen-bond donors (Lipinski definition) is 0. The molecular weight excluding hydrogens is 564 g/mol. The first-order chi connectivity index (χ1) is 21.9. The van der Waals surface area contributed by atoms with Gasteiger partial charge in [-0.3, -0.25) is 4.79 Å². The Bertz CT molecular complexity index is 1160. The molecule has 0 aromatic heterocycles. The molecule has 1 aliphatic rings. The Morgan fingerprint density at radius 2 is 1.29 bits per heavy atom. The largest absolute Gasteiger partial charge is 0.454 e. The van der Waals surface area contributed by atoms with Gasteiger partial charge in [0, 0.05) is 6.08 Å². The zero-order valence-electron chi connectivity index (χ0n) is 27.6. The molecular formula is C39H54O6. The van der Waals surface area contributed by atoms with Gasteiger partial charge < -0.3 is 14.2 Å². The Morgan fingerprint density at radius 1 is 0.733 bits per heavy atom. The fraction of sp³-hybridized carbons (Fsp3) is 0.564. The average Bonchev–Trinajstić information content (AvgIpc) is 3.06. The highest BCUT2D eigenvalue weighted by Crippen LogP contribution is 2.33. The van der Waals surface area contributed by atoms with Gasteiger partial charge in [-0.1, -0.05) is 103 Å². The molecule has 1 aliphatic carbocycles. The van der Waals surface area contributed by atoms with Crippen molar-refractivity contribution < 1.29 is 28.6 Å². The molecule has 0 N–H and O–H groups in total. The maximum atomic E-state index is 12.8. The number of unbranched alkanes of at least 4 members (excludes halogenated alkanes) is 9. The summed E-state index contributed by atoms with van der Waals surface area (Å²) >= 11 is 0. The zero-order chi connectivity index (χ0) is 32.3. The van der Waals surface area contributed by atoms with Gasteiger partial charge in [-0.05, 0) is 86.4 Å². The lowest BCUT2D eigenvalue weighted by molar-refractivity contribution is -0.144. The Labute approximate surface area is 270 Å². The van der Waals surface area contributed by atoms with E-state index in [0.717, 1.165) is 56.4 Å². The fourth-order valence-corrected chi connectivity index (χ4v) is 6.09. The number of carbonyl (C=O) groups excluding carboxylic acids is 3. The van der Waals surface area contributed by atoms with E-state index in [-0.39, 0.29) is 11.9 Å². The molecule has 246 valence electrons. The van der Waals surface area contributed by atoms with Gasteiger partial charge in [0.15, 0.2) is 0 Å². The number of benzene rings is 2. The lowest BCUT2D eigenvalue weighted by atomic mass is 9.80. The second-order valence-electron chi connectivity index (χ2n) is 12.5. The molecule has 6 heteroatoms. The molecule has 2 aromatic rings. The van der Waals surface area contributed by atoms with Gasteiger partial charge in [0.1, 0.15) is 17.6 Å². The standard InChI is InChI=1S/C39H54O6/c1-4-7-9-10-11-12-13-15-17-36(45-37(40)6-3)31-22-24-33(25-23-31)39(42)44-35-28-26-34(27-29-35)43-38(41)32-20-18-30(19-21-32)16-14-8-5-2/h6,22-30,32,36H,3-5,7-21H2,1-2H3. The Balaban J connectivity index is 1.46. The van der Waals surface area contributed by atoms with Gasteiger partial charge >= 0.3 is 17.9 Å². The van der Waals surface area contributed by atoms with Gasteiger partial charge in [-0.25, -0.2) is 9.59 Å². The smallest absolute Gasteiger partial charge is 0.343 e. The summed E-state index contributed by atoms with van der Waals surface area (Å²) in [5, 5.41) is 0. The van der Waals surface area contributed by atoms with Gasteiger partial charge in [0.2, 0.25) is 0 Å². The summed E-state index contributed by atoms with van der Waals surface area (Å²) in [6, 6.07) is 13.6. The molecule has 0 spiro atoms. The third-order valence-corrected chi connectivity index (χ3v) is 8.91. The summed E-state index contributed by atoms with van der Waals surface area (Å²) < 4.78 is 16.8. The van der Waals surface area contributed by atoms with Crippen LogP contribution in [0.25, 0.3) is 0 Å². The predicted molar refractivity (Wildman–Crippen MR) is 179 cm³/mol. The van der Waals surface area contributed by atoms with E-state index in [1.165, 1.54) is 70.3 Å². The maximum absolute atomic E-state index is 12.8. The molecule has 0 radical (unpaired) electrons. The fourth-order valence-electron chi connectivity index (χ4n) is 6.09. The molecule has 0 aliphatic heterocycles. The van der Waals surface area contributed by atoms with Crippen LogP contribution in [0.5, 0.6) is 11.5 Å². The number of ether oxygens (including phenoxy) is 3. The number of esters is 3. The quantitative estimate of drug-likeness (QED) is 0.0636. The lowest BCUT2D eigenvalue weighted by Crippen LogP contribution is -2.25. The van der Waals surface area contributed by atoms with Crippen molar-refractivity contribution in [1.82, 2.24) is 0 Å². The average molecular weight is 619 g/mol. The minimum absolute atomic E-state index is 0.0480. The first-order valence-corrected chi connectivity index (χ1v) is 17.4. The van der Waals surface area contributed by atoms with Crippen molar-refractivity contribution in [1.29, 1.82) is 0 Å². The summed E-state index contributed by atoms with van der Waals surface area (Å²) in [7, 11) is 0. The van der Waals surface area contributed by atoms with Crippen LogP contribution in [0.15, 0.2) is 61.2 Å². The molecule has 6 nitrogen and oxygen atoms in total. The Hall–Kier alpha value is -3.41. The van der Waals surface area contributed by atoms with E-state index >= 15 is 0 Å². The van der Waals surface area contributed by atoms with E-state index in [2.05, 4.69) is 20.4 Å². The van der Waals surface area contributed by atoms with Crippen LogP contribution in [0.3, 0.4) is 0 Å². The molecule has 0 amide bonds. The molecule has 1 fully saturated rings. The predicted octanol–water partition coefficient (Wildman–Crippen LogP) is 10.5. The Morgan fingerprint density at radius 3 is 1.89 bits per heavy atom. The topological polar surface area (TPSA) is 78.9 Å². The first kappa shape index (κ1) is 36.1. The summed E-state index contributed by atoms with van der Waals surface area (Å²) in [5.41, 5.74) is 1.22. The van der Waals surface area contributed by atoms with Crippen molar-refractivity contribution in [3.63, 3.8) is 0 Å². The summed E-state index contributed by atoms with van der Waals surface area (Å²) in [5.74, 6) is 0.378. The van der Waals surface area contributed by atoms with Crippen LogP contribution in [0.2, 0.25) is 0 Å². The van der Waals surface area contributed by atoms with Crippen molar-refractivity contribution in [2.45, 2.75) is 129 Å². The highest BCUT2D eigenvalue weighted by Gasteiger charge is 2.27. The minimum atomic E-state index is -0.496. The van der Waals surface area contributed by atoms with Gasteiger partial charge in [-0.2, -0.15) is 0 Å². The number of rotatable bonds is 20. The van der Waals surface area contributed by atoms with Crippen LogP contribution in [-0.2, 0) is 14.3 Å². The van der Waals surface area contributed by atoms with Crippen molar-refractivity contribution in [3.05, 3.63) is 72.3 Å². The third-order valence-electron chi connectivity index (χ3n) is 8.91. The second kappa shape index (κ2) is 20.6. The number of carbonyl (C=O) groups is 3. The van der Waals surface area contributed by atoms with E-state index < -0.39 is 18.0 Å². The Kier molecular flexibility index (Phi) is 16.5. The van der Waals surface area contributed by atoms with E-state index in [0.29, 0.717) is 17.1 Å². The van der Waals surface area contributed by atoms with Crippen molar-refractivity contribution in [3.8, 4) is 11.5 Å². The molecule has 45 heavy (non-hydrogen) atoms. The van der Waals surface area contributed by atoms with E-state index in [1.807, 2.05) is 12.1 Å². The molecule has 1 unspecified atom stereocenters. The molecule has 1 atom stereocenters. The summed E-state index contributed by atoms with van der Waals surface area (Å²) in [6.45, 7) is 7.97. The molecule has 1 saturated carbocycles. The maximum Gasteiger partial charge on any atom is 0.343 e. The molecule has 0 bridgehead atoms. The van der Waals surface area contributed by atoms with Gasteiger partial charge in [-0.15, -0.1) is 0 Å². The van der Waals surface area contributed by atoms with Crippen LogP contribution in [0.1, 0.15) is 145 Å². The van der Waals surface area contributed by atoms with Gasteiger partial charge in [0.25, 0.3) is 0 Å². The third kappa shape index (κ3) is 13.2.